The van der Waals surface area contributed by atoms with E-state index in [-0.39, 0.29) is 5.91 Å². The fourth-order valence-electron chi connectivity index (χ4n) is 1.59. The molecule has 0 saturated heterocycles. The fraction of sp³-hybridized carbons (Fsp3) is 0.231. The lowest BCUT2D eigenvalue weighted by atomic mass is 10.2. The van der Waals surface area contributed by atoms with Crippen molar-refractivity contribution >= 4 is 17.2 Å². The van der Waals surface area contributed by atoms with Crippen LogP contribution in [0.3, 0.4) is 0 Å². The second-order valence-electron chi connectivity index (χ2n) is 3.59. The summed E-state index contributed by atoms with van der Waals surface area (Å²) in [6, 6.07) is 9.93. The number of benzene rings is 1. The second kappa shape index (κ2) is 5.10. The lowest BCUT2D eigenvalue weighted by Gasteiger charge is -1.96. The van der Waals surface area contributed by atoms with Crippen LogP contribution in [0.5, 0.6) is 0 Å². The highest BCUT2D eigenvalue weighted by atomic mass is 32.1. The third-order valence-corrected chi connectivity index (χ3v) is 3.73. The Bertz CT molecular complexity index is 519. The first-order valence-electron chi connectivity index (χ1n) is 5.53. The summed E-state index contributed by atoms with van der Waals surface area (Å²) >= 11 is 1.58. The van der Waals surface area contributed by atoms with E-state index in [9.17, 15) is 4.79 Å². The van der Waals surface area contributed by atoms with E-state index in [1.54, 1.807) is 18.4 Å². The number of carbonyl (C=O) groups excluding carboxylic acids is 1. The third-order valence-electron chi connectivity index (χ3n) is 2.48. The number of nitrogens with one attached hydrogen (secondary N) is 1. The summed E-state index contributed by atoms with van der Waals surface area (Å²) in [6.07, 6.45) is 0.827. The van der Waals surface area contributed by atoms with Gasteiger partial charge in [0.2, 0.25) is 0 Å². The van der Waals surface area contributed by atoms with Crippen LogP contribution in [0.25, 0.3) is 10.6 Å². The Morgan fingerprint density at radius 1 is 1.35 bits per heavy atom. The molecule has 4 heteroatoms. The molecular weight excluding hydrogens is 232 g/mol. The highest BCUT2D eigenvalue weighted by Gasteiger charge is 2.16. The smallest absolute Gasteiger partial charge is 0.270 e. The molecule has 0 aliphatic heterocycles. The first kappa shape index (κ1) is 11.8. The van der Waals surface area contributed by atoms with Gasteiger partial charge in [-0.25, -0.2) is 4.98 Å². The number of hydrogen-bond acceptors (Lipinski definition) is 3. The van der Waals surface area contributed by atoms with Gasteiger partial charge in [0.05, 0.1) is 0 Å². The van der Waals surface area contributed by atoms with Gasteiger partial charge >= 0.3 is 0 Å². The summed E-state index contributed by atoms with van der Waals surface area (Å²) in [6.45, 7) is 2.04. The molecule has 0 unspecified atom stereocenters. The molecule has 3 nitrogen and oxygen atoms in total. The first-order valence-corrected chi connectivity index (χ1v) is 6.35. The first-order chi connectivity index (χ1) is 8.26. The quantitative estimate of drug-likeness (QED) is 0.904. The minimum Gasteiger partial charge on any atom is -0.354 e. The van der Waals surface area contributed by atoms with E-state index in [4.69, 9.17) is 0 Å². The number of nitrogens with zero attached hydrogens (tertiary/aromatic N) is 1. The van der Waals surface area contributed by atoms with Crippen molar-refractivity contribution in [1.82, 2.24) is 10.3 Å². The standard InChI is InChI=1S/C13H14N2OS/c1-3-10-11(12(16)14-2)15-13(17-10)9-7-5-4-6-8-9/h4-8H,3H2,1-2H3,(H,14,16). The lowest BCUT2D eigenvalue weighted by molar-refractivity contribution is 0.0958. The van der Waals surface area contributed by atoms with E-state index in [2.05, 4.69) is 10.3 Å². The van der Waals surface area contributed by atoms with Gasteiger partial charge in [0.25, 0.3) is 5.91 Å². The van der Waals surface area contributed by atoms with Crippen LogP contribution in [0, 0.1) is 0 Å². The summed E-state index contributed by atoms with van der Waals surface area (Å²) in [4.78, 5) is 17.1. The number of amides is 1. The number of carbonyl (C=O) groups is 1. The molecule has 17 heavy (non-hydrogen) atoms. The van der Waals surface area contributed by atoms with Crippen LogP contribution in [-0.4, -0.2) is 17.9 Å². The van der Waals surface area contributed by atoms with Crippen LogP contribution in [0.15, 0.2) is 30.3 Å². The average molecular weight is 246 g/mol. The monoisotopic (exact) mass is 246 g/mol. The molecule has 0 atom stereocenters. The zero-order chi connectivity index (χ0) is 12.3. The Balaban J connectivity index is 2.45. The second-order valence-corrected chi connectivity index (χ2v) is 4.67. The zero-order valence-corrected chi connectivity index (χ0v) is 10.7. The van der Waals surface area contributed by atoms with E-state index < -0.39 is 0 Å². The largest absolute Gasteiger partial charge is 0.354 e. The number of aryl methyl sites for hydroxylation is 1. The normalized spacial score (nSPS) is 10.2. The number of thiazole rings is 1. The van der Waals surface area contributed by atoms with E-state index in [1.807, 2.05) is 37.3 Å². The van der Waals surface area contributed by atoms with Crippen LogP contribution < -0.4 is 5.32 Å². The van der Waals surface area contributed by atoms with Crippen molar-refractivity contribution in [3.8, 4) is 10.6 Å². The Labute approximate surface area is 105 Å². The molecule has 0 radical (unpaired) electrons. The predicted octanol–water partition coefficient (Wildman–Crippen LogP) is 2.73. The molecule has 88 valence electrons. The van der Waals surface area contributed by atoms with E-state index >= 15 is 0 Å². The maximum atomic E-state index is 11.7. The molecule has 1 aromatic carbocycles. The number of rotatable bonds is 3. The number of aromatic nitrogens is 1. The molecule has 1 N–H and O–H groups in total. The maximum absolute atomic E-state index is 11.7. The van der Waals surface area contributed by atoms with Crippen molar-refractivity contribution in [2.45, 2.75) is 13.3 Å². The molecular formula is C13H14N2OS. The molecule has 0 fully saturated rings. The van der Waals surface area contributed by atoms with E-state index in [0.29, 0.717) is 5.69 Å². The van der Waals surface area contributed by atoms with E-state index in [1.165, 1.54) is 0 Å². The molecule has 0 bridgehead atoms. The maximum Gasteiger partial charge on any atom is 0.270 e. The van der Waals surface area contributed by atoms with Crippen LogP contribution in [-0.2, 0) is 6.42 Å². The topological polar surface area (TPSA) is 42.0 Å². The molecule has 2 aromatic rings. The lowest BCUT2D eigenvalue weighted by Crippen LogP contribution is -2.19. The zero-order valence-electron chi connectivity index (χ0n) is 9.86. The van der Waals surface area contributed by atoms with Crippen molar-refractivity contribution in [3.05, 3.63) is 40.9 Å². The molecule has 0 aliphatic rings. The van der Waals surface area contributed by atoms with Gasteiger partial charge in [-0.1, -0.05) is 37.3 Å². The Kier molecular flexibility index (Phi) is 3.54. The molecule has 0 saturated carbocycles. The van der Waals surface area contributed by atoms with Gasteiger partial charge in [-0.15, -0.1) is 11.3 Å². The highest BCUT2D eigenvalue weighted by Crippen LogP contribution is 2.28. The highest BCUT2D eigenvalue weighted by molar-refractivity contribution is 7.15. The van der Waals surface area contributed by atoms with Gasteiger partial charge in [-0.2, -0.15) is 0 Å². The van der Waals surface area contributed by atoms with Gasteiger partial charge in [-0.3, -0.25) is 4.79 Å². The summed E-state index contributed by atoms with van der Waals surface area (Å²) in [5.41, 5.74) is 1.61. The Morgan fingerprint density at radius 2 is 2.06 bits per heavy atom. The summed E-state index contributed by atoms with van der Waals surface area (Å²) in [5, 5.41) is 3.53. The van der Waals surface area contributed by atoms with Crippen LogP contribution >= 0.6 is 11.3 Å². The average Bonchev–Trinajstić information content (AvgIpc) is 2.83. The summed E-state index contributed by atoms with van der Waals surface area (Å²) in [5.74, 6) is -0.111. The Hall–Kier alpha value is -1.68. The van der Waals surface area contributed by atoms with Gasteiger partial charge in [0.15, 0.2) is 0 Å². The SMILES string of the molecule is CCc1sc(-c2ccccc2)nc1C(=O)NC. The van der Waals surface area contributed by atoms with Gasteiger partial charge in [0.1, 0.15) is 10.7 Å². The van der Waals surface area contributed by atoms with Gasteiger partial charge < -0.3 is 5.32 Å². The molecule has 0 aliphatic carbocycles. The van der Waals surface area contributed by atoms with E-state index in [0.717, 1.165) is 21.9 Å². The molecule has 0 spiro atoms. The van der Waals surface area contributed by atoms with Crippen molar-refractivity contribution in [3.63, 3.8) is 0 Å². The minimum atomic E-state index is -0.111. The summed E-state index contributed by atoms with van der Waals surface area (Å²) < 4.78 is 0. The van der Waals surface area contributed by atoms with Crippen molar-refractivity contribution in [2.24, 2.45) is 0 Å². The van der Waals surface area contributed by atoms with Crippen LogP contribution in [0.2, 0.25) is 0 Å². The molecule has 1 heterocycles. The third kappa shape index (κ3) is 2.36. The molecule has 1 aromatic heterocycles. The van der Waals surface area contributed by atoms with Crippen molar-refractivity contribution < 1.29 is 4.79 Å². The minimum absolute atomic E-state index is 0.111. The van der Waals surface area contributed by atoms with Crippen LogP contribution in [0.1, 0.15) is 22.3 Å². The van der Waals surface area contributed by atoms with Crippen LogP contribution in [0.4, 0.5) is 0 Å². The van der Waals surface area contributed by atoms with Crippen molar-refractivity contribution in [2.75, 3.05) is 7.05 Å². The Morgan fingerprint density at radius 3 is 2.65 bits per heavy atom. The number of hydrogen-bond donors (Lipinski definition) is 1. The molecule has 1 amide bonds. The molecule has 2 rings (SSSR count). The summed E-state index contributed by atoms with van der Waals surface area (Å²) in [7, 11) is 1.63. The predicted molar refractivity (Wildman–Crippen MR) is 70.3 cm³/mol. The van der Waals surface area contributed by atoms with Crippen molar-refractivity contribution in [1.29, 1.82) is 0 Å². The van der Waals surface area contributed by atoms with Gasteiger partial charge in [-0.05, 0) is 6.42 Å². The van der Waals surface area contributed by atoms with Gasteiger partial charge in [0, 0.05) is 17.5 Å². The fourth-order valence-corrected chi connectivity index (χ4v) is 2.59.